The molecule has 0 spiro atoms. The minimum absolute atomic E-state index is 0.315. The van der Waals surface area contributed by atoms with E-state index in [1.807, 2.05) is 0 Å². The molecule has 2 fully saturated rings. The van der Waals surface area contributed by atoms with Crippen LogP contribution in [0.3, 0.4) is 0 Å². The Balaban J connectivity index is 1.97. The second-order valence-corrected chi connectivity index (χ2v) is 6.57. The summed E-state index contributed by atoms with van der Waals surface area (Å²) in [5.41, 5.74) is 6.49. The molecule has 18 heavy (non-hydrogen) atoms. The highest BCUT2D eigenvalue weighted by atomic mass is 16.5. The molecule has 2 heteroatoms. The van der Waals surface area contributed by atoms with Crippen LogP contribution in [0, 0.1) is 17.3 Å². The minimum atomic E-state index is 0.315. The molecule has 0 aromatic rings. The Bertz CT molecular complexity index is 251. The number of nitrogens with two attached hydrogens (primary N) is 1. The van der Waals surface area contributed by atoms with Gasteiger partial charge in [-0.3, -0.25) is 0 Å². The molecule has 0 radical (unpaired) electrons. The maximum absolute atomic E-state index is 6.18. The van der Waals surface area contributed by atoms with E-state index < -0.39 is 0 Å². The first kappa shape index (κ1) is 14.3. The molecule has 1 saturated heterocycles. The predicted octanol–water partition coefficient (Wildman–Crippen LogP) is 3.74. The van der Waals surface area contributed by atoms with Crippen molar-refractivity contribution in [3.05, 3.63) is 0 Å². The molecule has 0 bridgehead atoms. The molecule has 2 N–H and O–H groups in total. The fraction of sp³-hybridized carbons (Fsp3) is 1.00. The lowest BCUT2D eigenvalue weighted by Gasteiger charge is -2.36. The molecule has 2 rings (SSSR count). The summed E-state index contributed by atoms with van der Waals surface area (Å²) in [6.45, 7) is 6.41. The summed E-state index contributed by atoms with van der Waals surface area (Å²) in [7, 11) is 0. The molecule has 0 aromatic heterocycles. The summed E-state index contributed by atoms with van der Waals surface area (Å²) in [5.74, 6) is 1.69. The standard InChI is InChI=1S/C16H31NO/c1-3-5-6-13(4-2)11-16(12-17)9-10-18-15(16)14-7-8-14/h13-15H,3-12,17H2,1-2H3. The van der Waals surface area contributed by atoms with Crippen LogP contribution in [0.25, 0.3) is 0 Å². The molecule has 1 aliphatic carbocycles. The zero-order valence-corrected chi connectivity index (χ0v) is 12.3. The molecular formula is C16H31NO. The second-order valence-electron chi connectivity index (χ2n) is 6.57. The van der Waals surface area contributed by atoms with Gasteiger partial charge in [-0.25, -0.2) is 0 Å². The van der Waals surface area contributed by atoms with Crippen LogP contribution < -0.4 is 5.73 Å². The van der Waals surface area contributed by atoms with Crippen LogP contribution in [-0.4, -0.2) is 19.3 Å². The van der Waals surface area contributed by atoms with Gasteiger partial charge in [0.25, 0.3) is 0 Å². The minimum Gasteiger partial charge on any atom is -0.377 e. The van der Waals surface area contributed by atoms with Crippen molar-refractivity contribution in [3.8, 4) is 0 Å². The average Bonchev–Trinajstić information content (AvgIpc) is 3.16. The summed E-state index contributed by atoms with van der Waals surface area (Å²) >= 11 is 0. The molecule has 1 aliphatic heterocycles. The van der Waals surface area contributed by atoms with Crippen molar-refractivity contribution in [1.29, 1.82) is 0 Å². The number of hydrogen-bond acceptors (Lipinski definition) is 2. The SMILES string of the molecule is CCCCC(CC)CC1(CN)CCOC1C1CC1. The smallest absolute Gasteiger partial charge is 0.0672 e. The van der Waals surface area contributed by atoms with Crippen molar-refractivity contribution in [3.63, 3.8) is 0 Å². The molecule has 1 heterocycles. The zero-order valence-electron chi connectivity index (χ0n) is 12.3. The summed E-state index contributed by atoms with van der Waals surface area (Å²) < 4.78 is 6.05. The molecule has 106 valence electrons. The van der Waals surface area contributed by atoms with Gasteiger partial charge in [0.05, 0.1) is 6.10 Å². The lowest BCUT2D eigenvalue weighted by atomic mass is 9.71. The Kier molecular flexibility index (Phi) is 5.08. The van der Waals surface area contributed by atoms with Gasteiger partial charge in [-0.05, 0) is 37.5 Å². The molecule has 2 nitrogen and oxygen atoms in total. The van der Waals surface area contributed by atoms with Crippen LogP contribution in [0.1, 0.15) is 65.2 Å². The highest BCUT2D eigenvalue weighted by Gasteiger charge is 2.50. The molecule has 0 amide bonds. The van der Waals surface area contributed by atoms with E-state index in [0.29, 0.717) is 11.5 Å². The number of hydrogen-bond donors (Lipinski definition) is 1. The van der Waals surface area contributed by atoms with Gasteiger partial charge in [0.2, 0.25) is 0 Å². The summed E-state index contributed by atoms with van der Waals surface area (Å²) in [5, 5.41) is 0. The van der Waals surface area contributed by atoms with Crippen LogP contribution in [0.5, 0.6) is 0 Å². The third kappa shape index (κ3) is 3.08. The van der Waals surface area contributed by atoms with Gasteiger partial charge in [0.1, 0.15) is 0 Å². The monoisotopic (exact) mass is 253 g/mol. The van der Waals surface area contributed by atoms with Crippen LogP contribution in [0.15, 0.2) is 0 Å². The fourth-order valence-corrected chi connectivity index (χ4v) is 3.78. The van der Waals surface area contributed by atoms with Crippen LogP contribution in [-0.2, 0) is 4.74 Å². The average molecular weight is 253 g/mol. The predicted molar refractivity (Wildman–Crippen MR) is 76.5 cm³/mol. The number of ether oxygens (including phenoxy) is 1. The lowest BCUT2D eigenvalue weighted by molar-refractivity contribution is 0.0215. The molecule has 0 aromatic carbocycles. The van der Waals surface area contributed by atoms with Gasteiger partial charge in [-0.1, -0.05) is 39.5 Å². The maximum Gasteiger partial charge on any atom is 0.0672 e. The highest BCUT2D eigenvalue weighted by molar-refractivity contribution is 5.00. The lowest BCUT2D eigenvalue weighted by Crippen LogP contribution is -2.41. The van der Waals surface area contributed by atoms with E-state index in [9.17, 15) is 0 Å². The van der Waals surface area contributed by atoms with E-state index in [4.69, 9.17) is 10.5 Å². The van der Waals surface area contributed by atoms with Crippen molar-refractivity contribution in [2.75, 3.05) is 13.2 Å². The Hall–Kier alpha value is -0.0800. The highest BCUT2D eigenvalue weighted by Crippen LogP contribution is 2.50. The maximum atomic E-state index is 6.18. The van der Waals surface area contributed by atoms with Crippen LogP contribution >= 0.6 is 0 Å². The van der Waals surface area contributed by atoms with E-state index in [0.717, 1.165) is 25.0 Å². The first-order chi connectivity index (χ1) is 8.75. The Morgan fingerprint density at radius 1 is 1.33 bits per heavy atom. The number of rotatable bonds is 8. The van der Waals surface area contributed by atoms with Crippen LogP contribution in [0.2, 0.25) is 0 Å². The Labute approximate surface area is 113 Å². The first-order valence-corrected chi connectivity index (χ1v) is 8.07. The van der Waals surface area contributed by atoms with E-state index in [-0.39, 0.29) is 0 Å². The normalized spacial score (nSPS) is 33.8. The Morgan fingerprint density at radius 3 is 2.67 bits per heavy atom. The van der Waals surface area contributed by atoms with E-state index in [1.54, 1.807) is 0 Å². The first-order valence-electron chi connectivity index (χ1n) is 8.07. The quantitative estimate of drug-likeness (QED) is 0.715. The molecular weight excluding hydrogens is 222 g/mol. The zero-order chi connectivity index (χ0) is 13.0. The summed E-state index contributed by atoms with van der Waals surface area (Å²) in [6.07, 6.45) is 11.1. The second kappa shape index (κ2) is 6.38. The summed E-state index contributed by atoms with van der Waals surface area (Å²) in [4.78, 5) is 0. The van der Waals surface area contributed by atoms with Gasteiger partial charge in [0, 0.05) is 18.6 Å². The van der Waals surface area contributed by atoms with Gasteiger partial charge >= 0.3 is 0 Å². The van der Waals surface area contributed by atoms with Crippen molar-refractivity contribution in [2.45, 2.75) is 71.3 Å². The summed E-state index contributed by atoms with van der Waals surface area (Å²) in [6, 6.07) is 0. The van der Waals surface area contributed by atoms with E-state index in [1.165, 1.54) is 51.4 Å². The number of unbranched alkanes of at least 4 members (excludes halogenated alkanes) is 1. The van der Waals surface area contributed by atoms with Gasteiger partial charge in [0.15, 0.2) is 0 Å². The van der Waals surface area contributed by atoms with Crippen molar-refractivity contribution in [2.24, 2.45) is 23.0 Å². The van der Waals surface area contributed by atoms with Crippen molar-refractivity contribution in [1.82, 2.24) is 0 Å². The third-order valence-electron chi connectivity index (χ3n) is 5.20. The van der Waals surface area contributed by atoms with Crippen LogP contribution in [0.4, 0.5) is 0 Å². The van der Waals surface area contributed by atoms with Crippen molar-refractivity contribution >= 4 is 0 Å². The van der Waals surface area contributed by atoms with Gasteiger partial charge in [-0.15, -0.1) is 0 Å². The molecule has 2 aliphatic rings. The van der Waals surface area contributed by atoms with Crippen molar-refractivity contribution < 1.29 is 4.74 Å². The molecule has 3 unspecified atom stereocenters. The Morgan fingerprint density at radius 2 is 2.11 bits per heavy atom. The molecule has 3 atom stereocenters. The molecule has 1 saturated carbocycles. The third-order valence-corrected chi connectivity index (χ3v) is 5.20. The van der Waals surface area contributed by atoms with Gasteiger partial charge < -0.3 is 10.5 Å². The van der Waals surface area contributed by atoms with E-state index >= 15 is 0 Å². The topological polar surface area (TPSA) is 35.2 Å². The van der Waals surface area contributed by atoms with Gasteiger partial charge in [-0.2, -0.15) is 0 Å². The largest absolute Gasteiger partial charge is 0.377 e. The fourth-order valence-electron chi connectivity index (χ4n) is 3.78. The van der Waals surface area contributed by atoms with E-state index in [2.05, 4.69) is 13.8 Å².